The van der Waals surface area contributed by atoms with Crippen molar-refractivity contribution in [2.45, 2.75) is 185 Å². The van der Waals surface area contributed by atoms with Crippen molar-refractivity contribution in [1.29, 1.82) is 0 Å². The number of carbonyl (C=O) groups excluding carboxylic acids is 1. The van der Waals surface area contributed by atoms with Crippen LogP contribution in [-0.2, 0) is 23.7 Å². The standard InChI is InChI=1S/C43H72O17/c1-19(2)42(56,18-57-35-33(53)31(51)29(49)22(15-44)58-35)10-9-20(3)28-21(46)14-39(5)24-7-8-25-40(6,37(55)60-36-34(54)32(52)30(50)23(16-45)59-36)26(47)13-27(48)43(25)17-41(24,43)12-11-38(28,39)4/h19-36,44-54,56H,7-18H2,1-6H3/t20-,21+,22-,23-,24+,25+,26+,27+,28+,29-,30-,31+,32+,33-,34+,35-,36+,38-,39+,40+,41+,42-,43-/m1/s1. The number of esters is 1. The van der Waals surface area contributed by atoms with Gasteiger partial charge in [-0.15, -0.1) is 0 Å². The van der Waals surface area contributed by atoms with Gasteiger partial charge < -0.3 is 80.2 Å². The second-order valence-corrected chi connectivity index (χ2v) is 21.1. The summed E-state index contributed by atoms with van der Waals surface area (Å²) >= 11 is 0. The van der Waals surface area contributed by atoms with Gasteiger partial charge in [-0.25, -0.2) is 0 Å². The van der Waals surface area contributed by atoms with Crippen LogP contribution in [0, 0.1) is 56.7 Å². The lowest BCUT2D eigenvalue weighted by Gasteiger charge is -2.63. The van der Waals surface area contributed by atoms with E-state index in [1.807, 2.05) is 13.8 Å². The summed E-state index contributed by atoms with van der Waals surface area (Å²) in [5.74, 6) is -1.73. The lowest BCUT2D eigenvalue weighted by Crippen LogP contribution is -2.65. The Hall–Kier alpha value is -1.13. The number of carbonyl (C=O) groups is 1. The Bertz CT molecular complexity index is 1570. The van der Waals surface area contributed by atoms with E-state index >= 15 is 0 Å². The Morgan fingerprint density at radius 3 is 1.90 bits per heavy atom. The SMILES string of the molecule is CC(C)[C@@](O)(CC[C@@H](C)[C@H]1[C@@H](O)C[C@@]2(C)[C@@H]3CC[C@H]4[C@](C)(C(=O)O[C@@H]5O[C@H](CO)[C@@H](O)[C@H](O)[C@@H]5O)[C@@H](O)C[C@H](O)[C@@]45C[C@@]35CC[C@]12C)CO[C@@H]1O[C@H](CO)[C@@H](O)[C@H](O)[C@H]1O. The molecule has 0 amide bonds. The van der Waals surface area contributed by atoms with Crippen molar-refractivity contribution < 1.29 is 85.0 Å². The number of fused-ring (bicyclic) bond motifs is 2. The van der Waals surface area contributed by atoms with Crippen LogP contribution in [-0.4, -0.2) is 172 Å². The van der Waals surface area contributed by atoms with Gasteiger partial charge in [-0.2, -0.15) is 0 Å². The lowest BCUT2D eigenvalue weighted by molar-refractivity contribution is -0.310. The van der Waals surface area contributed by atoms with E-state index in [1.54, 1.807) is 6.92 Å². The fourth-order valence-corrected chi connectivity index (χ4v) is 14.5. The highest BCUT2D eigenvalue weighted by Crippen LogP contribution is 2.89. The topological polar surface area (TPSA) is 297 Å². The molecule has 7 fully saturated rings. The molecule has 2 heterocycles. The van der Waals surface area contributed by atoms with Gasteiger partial charge in [0.1, 0.15) is 48.8 Å². The predicted molar refractivity (Wildman–Crippen MR) is 208 cm³/mol. The van der Waals surface area contributed by atoms with Gasteiger partial charge in [0.05, 0.1) is 49.1 Å². The van der Waals surface area contributed by atoms with Crippen LogP contribution in [0.15, 0.2) is 0 Å². The molecule has 7 aliphatic rings. The first-order valence-electron chi connectivity index (χ1n) is 22.2. The van der Waals surface area contributed by atoms with Gasteiger partial charge in [0, 0.05) is 11.8 Å². The molecule has 2 spiro atoms. The largest absolute Gasteiger partial charge is 0.432 e. The molecule has 23 atom stereocenters. The molecule has 17 heteroatoms. The van der Waals surface area contributed by atoms with Crippen molar-refractivity contribution in [2.75, 3.05) is 19.8 Å². The summed E-state index contributed by atoms with van der Waals surface area (Å²) in [6.07, 6.45) is -13.7. The molecule has 0 radical (unpaired) electrons. The predicted octanol–water partition coefficient (Wildman–Crippen LogP) is -1.33. The molecule has 5 saturated carbocycles. The normalized spacial score (nSPS) is 53.9. The number of ether oxygens (including phenoxy) is 4. The Morgan fingerprint density at radius 1 is 0.750 bits per heavy atom. The average Bonchev–Trinajstić information content (AvgIpc) is 3.84. The molecule has 2 saturated heterocycles. The van der Waals surface area contributed by atoms with Gasteiger partial charge in [-0.05, 0) is 104 Å². The molecule has 0 unspecified atom stereocenters. The molecular weight excluding hydrogens is 788 g/mol. The summed E-state index contributed by atoms with van der Waals surface area (Å²) in [4.78, 5) is 14.3. The van der Waals surface area contributed by atoms with Crippen molar-refractivity contribution in [3.63, 3.8) is 0 Å². The van der Waals surface area contributed by atoms with Crippen molar-refractivity contribution in [2.24, 2.45) is 56.7 Å². The van der Waals surface area contributed by atoms with Crippen LogP contribution in [0.5, 0.6) is 0 Å². The molecule has 0 bridgehead atoms. The molecule has 346 valence electrons. The van der Waals surface area contributed by atoms with Crippen molar-refractivity contribution in [3.8, 4) is 0 Å². The monoisotopic (exact) mass is 860 g/mol. The van der Waals surface area contributed by atoms with Crippen LogP contribution in [0.3, 0.4) is 0 Å². The Balaban J connectivity index is 1.07. The number of hydrogen-bond donors (Lipinski definition) is 12. The minimum Gasteiger partial charge on any atom is -0.432 e. The zero-order chi connectivity index (χ0) is 44.3. The molecular formula is C43H72O17. The van der Waals surface area contributed by atoms with Crippen LogP contribution in [0.4, 0.5) is 0 Å². The molecule has 0 aromatic carbocycles. The minimum atomic E-state index is -1.80. The Morgan fingerprint density at radius 2 is 1.32 bits per heavy atom. The van der Waals surface area contributed by atoms with Crippen LogP contribution in [0.1, 0.15) is 99.3 Å². The Labute approximate surface area is 351 Å². The maximum Gasteiger partial charge on any atom is 0.317 e. The molecule has 60 heavy (non-hydrogen) atoms. The first-order chi connectivity index (χ1) is 27.9. The molecule has 2 aliphatic heterocycles. The summed E-state index contributed by atoms with van der Waals surface area (Å²) in [7, 11) is 0. The second-order valence-electron chi connectivity index (χ2n) is 21.1. The average molecular weight is 861 g/mol. The summed E-state index contributed by atoms with van der Waals surface area (Å²) in [6.45, 7) is 10.4. The highest BCUT2D eigenvalue weighted by molar-refractivity contribution is 5.78. The molecule has 5 aliphatic carbocycles. The summed E-state index contributed by atoms with van der Waals surface area (Å²) in [6, 6.07) is 0. The molecule has 0 aromatic rings. The van der Waals surface area contributed by atoms with E-state index in [2.05, 4.69) is 20.8 Å². The maximum atomic E-state index is 14.3. The quantitative estimate of drug-likeness (QED) is 0.101. The van der Waals surface area contributed by atoms with E-state index in [-0.39, 0.29) is 52.9 Å². The van der Waals surface area contributed by atoms with Crippen LogP contribution >= 0.6 is 0 Å². The van der Waals surface area contributed by atoms with E-state index in [4.69, 9.17) is 18.9 Å². The van der Waals surface area contributed by atoms with E-state index in [0.717, 1.165) is 12.8 Å². The highest BCUT2D eigenvalue weighted by atomic mass is 16.7. The second kappa shape index (κ2) is 16.1. The first kappa shape index (κ1) is 46.9. The van der Waals surface area contributed by atoms with Crippen LogP contribution in [0.2, 0.25) is 0 Å². The Kier molecular flexibility index (Phi) is 12.6. The van der Waals surface area contributed by atoms with Crippen molar-refractivity contribution in [1.82, 2.24) is 0 Å². The van der Waals surface area contributed by atoms with E-state index in [1.165, 1.54) is 0 Å². The zero-order valence-electron chi connectivity index (χ0n) is 35.8. The zero-order valence-corrected chi connectivity index (χ0v) is 35.8. The van der Waals surface area contributed by atoms with Crippen LogP contribution in [0.25, 0.3) is 0 Å². The summed E-state index contributed by atoms with van der Waals surface area (Å²) in [5.41, 5.74) is -4.67. The van der Waals surface area contributed by atoms with Gasteiger partial charge in [-0.3, -0.25) is 4.79 Å². The highest BCUT2D eigenvalue weighted by Gasteiger charge is 2.86. The number of hydrogen-bond acceptors (Lipinski definition) is 17. The third-order valence-electron chi connectivity index (χ3n) is 18.4. The fraction of sp³-hybridized carbons (Fsp3) is 0.977. The number of aliphatic hydroxyl groups is 12. The van der Waals surface area contributed by atoms with Gasteiger partial charge in [0.2, 0.25) is 6.29 Å². The van der Waals surface area contributed by atoms with E-state index < -0.39 is 121 Å². The van der Waals surface area contributed by atoms with Crippen LogP contribution < -0.4 is 0 Å². The molecule has 12 N–H and O–H groups in total. The first-order valence-corrected chi connectivity index (χ1v) is 22.2. The third kappa shape index (κ3) is 6.61. The van der Waals surface area contributed by atoms with Gasteiger partial charge in [0.25, 0.3) is 0 Å². The molecule has 7 rings (SSSR count). The van der Waals surface area contributed by atoms with Gasteiger partial charge in [-0.1, -0.05) is 34.6 Å². The smallest absolute Gasteiger partial charge is 0.317 e. The van der Waals surface area contributed by atoms with E-state index in [0.29, 0.717) is 38.5 Å². The minimum absolute atomic E-state index is 0.0428. The maximum absolute atomic E-state index is 14.3. The van der Waals surface area contributed by atoms with Gasteiger partial charge in [0.15, 0.2) is 6.29 Å². The van der Waals surface area contributed by atoms with Gasteiger partial charge >= 0.3 is 5.97 Å². The summed E-state index contributed by atoms with van der Waals surface area (Å²) in [5, 5.41) is 129. The van der Waals surface area contributed by atoms with E-state index in [9.17, 15) is 66.1 Å². The summed E-state index contributed by atoms with van der Waals surface area (Å²) < 4.78 is 22.5. The molecule has 17 nitrogen and oxygen atoms in total. The van der Waals surface area contributed by atoms with Crippen molar-refractivity contribution in [3.05, 3.63) is 0 Å². The van der Waals surface area contributed by atoms with Crippen molar-refractivity contribution >= 4 is 5.97 Å². The number of aliphatic hydroxyl groups excluding tert-OH is 11. The lowest BCUT2D eigenvalue weighted by atomic mass is 9.41. The molecule has 0 aromatic heterocycles. The third-order valence-corrected chi connectivity index (χ3v) is 18.4. The fourth-order valence-electron chi connectivity index (χ4n) is 14.5. The number of rotatable bonds is 12.